The Morgan fingerprint density at radius 2 is 2.11 bits per heavy atom. The Bertz CT molecular complexity index is 272. The summed E-state index contributed by atoms with van der Waals surface area (Å²) in [5, 5.41) is 3.28. The number of carbonyl (C=O) groups is 1. The molecule has 2 fully saturated rings. The molecule has 1 heterocycles. The third-order valence-corrected chi connectivity index (χ3v) is 3.84. The van der Waals surface area contributed by atoms with Crippen LogP contribution in [0.1, 0.15) is 32.6 Å². The lowest BCUT2D eigenvalue weighted by atomic mass is 9.99. The first-order valence-electron chi connectivity index (χ1n) is 7.35. The summed E-state index contributed by atoms with van der Waals surface area (Å²) in [5.74, 6) is 1.63. The van der Waals surface area contributed by atoms with Crippen molar-refractivity contribution in [2.75, 3.05) is 39.4 Å². The highest BCUT2D eigenvalue weighted by Gasteiger charge is 2.24. The minimum atomic E-state index is 0. The number of piperidine rings is 1. The number of rotatable bonds is 7. The molecule has 0 spiro atoms. The van der Waals surface area contributed by atoms with Crippen LogP contribution in [0, 0.1) is 11.8 Å². The van der Waals surface area contributed by atoms with Crippen LogP contribution in [-0.2, 0) is 9.53 Å². The summed E-state index contributed by atoms with van der Waals surface area (Å²) < 4.78 is 5.47. The van der Waals surface area contributed by atoms with E-state index in [1.54, 1.807) is 0 Å². The molecular weight excluding hydrogens is 264 g/mol. The lowest BCUT2D eigenvalue weighted by Crippen LogP contribution is -2.45. The minimum absolute atomic E-state index is 0. The summed E-state index contributed by atoms with van der Waals surface area (Å²) in [6.07, 6.45) is 4.98. The van der Waals surface area contributed by atoms with Crippen LogP contribution >= 0.6 is 12.4 Å². The number of nitrogens with one attached hydrogen (secondary N) is 1. The Morgan fingerprint density at radius 1 is 1.32 bits per heavy atom. The molecule has 0 aromatic rings. The van der Waals surface area contributed by atoms with E-state index in [1.807, 2.05) is 11.8 Å². The molecule has 5 heteroatoms. The molecule has 1 unspecified atom stereocenters. The molecule has 1 amide bonds. The van der Waals surface area contributed by atoms with Gasteiger partial charge in [0.15, 0.2) is 0 Å². The molecule has 4 nitrogen and oxygen atoms in total. The van der Waals surface area contributed by atoms with E-state index in [9.17, 15) is 4.79 Å². The summed E-state index contributed by atoms with van der Waals surface area (Å²) in [7, 11) is 0. The molecule has 1 saturated heterocycles. The molecule has 1 atom stereocenters. The minimum Gasteiger partial charge on any atom is -0.381 e. The lowest BCUT2D eigenvalue weighted by Gasteiger charge is -2.32. The molecule has 1 aliphatic heterocycles. The summed E-state index contributed by atoms with van der Waals surface area (Å²) in [6, 6.07) is 0. The highest BCUT2D eigenvalue weighted by atomic mass is 35.5. The predicted molar refractivity (Wildman–Crippen MR) is 78.6 cm³/mol. The number of hydrogen-bond donors (Lipinski definition) is 1. The van der Waals surface area contributed by atoms with Crippen LogP contribution in [0.15, 0.2) is 0 Å². The number of ether oxygens (including phenoxy) is 1. The van der Waals surface area contributed by atoms with E-state index in [1.165, 1.54) is 19.3 Å². The van der Waals surface area contributed by atoms with Gasteiger partial charge in [-0.2, -0.15) is 0 Å². The van der Waals surface area contributed by atoms with E-state index in [0.29, 0.717) is 12.5 Å². The van der Waals surface area contributed by atoms with E-state index < -0.39 is 0 Å². The van der Waals surface area contributed by atoms with Crippen LogP contribution < -0.4 is 5.32 Å². The first-order chi connectivity index (χ1) is 8.79. The summed E-state index contributed by atoms with van der Waals surface area (Å²) >= 11 is 0. The van der Waals surface area contributed by atoms with Crippen LogP contribution in [-0.4, -0.2) is 50.2 Å². The number of nitrogens with zero attached hydrogens (tertiary/aromatic N) is 1. The first-order valence-corrected chi connectivity index (χ1v) is 7.35. The molecule has 0 aromatic carbocycles. The van der Waals surface area contributed by atoms with Crippen molar-refractivity contribution in [2.24, 2.45) is 11.8 Å². The topological polar surface area (TPSA) is 41.6 Å². The first kappa shape index (κ1) is 16.7. The Labute approximate surface area is 122 Å². The van der Waals surface area contributed by atoms with Gasteiger partial charge < -0.3 is 15.0 Å². The average Bonchev–Trinajstić information content (AvgIpc) is 3.20. The van der Waals surface area contributed by atoms with Crippen LogP contribution in [0.25, 0.3) is 0 Å². The molecule has 2 aliphatic rings. The van der Waals surface area contributed by atoms with E-state index >= 15 is 0 Å². The number of carbonyl (C=O) groups excluding carboxylic acids is 1. The summed E-state index contributed by atoms with van der Waals surface area (Å²) in [4.78, 5) is 14.0. The maximum atomic E-state index is 12.0. The van der Waals surface area contributed by atoms with Gasteiger partial charge in [0.05, 0.1) is 13.2 Å². The largest absolute Gasteiger partial charge is 0.381 e. The van der Waals surface area contributed by atoms with Crippen LogP contribution in [0.5, 0.6) is 0 Å². The monoisotopic (exact) mass is 290 g/mol. The van der Waals surface area contributed by atoms with Gasteiger partial charge in [0.1, 0.15) is 0 Å². The second-order valence-electron chi connectivity index (χ2n) is 5.58. The van der Waals surface area contributed by atoms with Gasteiger partial charge in [0.25, 0.3) is 0 Å². The average molecular weight is 291 g/mol. The summed E-state index contributed by atoms with van der Waals surface area (Å²) in [6.45, 7) is 6.92. The Morgan fingerprint density at radius 3 is 2.79 bits per heavy atom. The fourth-order valence-electron chi connectivity index (χ4n) is 2.53. The highest BCUT2D eigenvalue weighted by Crippen LogP contribution is 2.27. The molecule has 2 rings (SSSR count). The van der Waals surface area contributed by atoms with Crippen molar-refractivity contribution in [3.8, 4) is 0 Å². The molecule has 112 valence electrons. The quantitative estimate of drug-likeness (QED) is 0.776. The van der Waals surface area contributed by atoms with Crippen molar-refractivity contribution in [1.29, 1.82) is 0 Å². The van der Waals surface area contributed by atoms with Crippen molar-refractivity contribution < 1.29 is 9.53 Å². The van der Waals surface area contributed by atoms with Gasteiger partial charge in [-0.15, -0.1) is 12.4 Å². The Kier molecular flexibility index (Phi) is 7.73. The van der Waals surface area contributed by atoms with Crippen molar-refractivity contribution in [3.63, 3.8) is 0 Å². The number of amides is 1. The maximum Gasteiger partial charge on any atom is 0.236 e. The van der Waals surface area contributed by atoms with Crippen LogP contribution in [0.4, 0.5) is 0 Å². The molecular formula is C14H27ClN2O2. The smallest absolute Gasteiger partial charge is 0.236 e. The van der Waals surface area contributed by atoms with E-state index in [2.05, 4.69) is 5.32 Å². The standard InChI is InChI=1S/C14H26N2O2.ClH/c1-2-18-11-13-4-3-7-16(10-13)14(17)9-15-8-12-5-6-12;/h12-13,15H,2-11H2,1H3;1H. The summed E-state index contributed by atoms with van der Waals surface area (Å²) in [5.41, 5.74) is 0. The van der Waals surface area contributed by atoms with Gasteiger partial charge in [0, 0.05) is 19.7 Å². The SMILES string of the molecule is CCOCC1CCCN(C(=O)CNCC2CC2)C1.Cl. The van der Waals surface area contributed by atoms with Gasteiger partial charge in [-0.3, -0.25) is 4.79 Å². The zero-order valence-corrected chi connectivity index (χ0v) is 12.7. The van der Waals surface area contributed by atoms with Gasteiger partial charge >= 0.3 is 0 Å². The number of likely N-dealkylation sites (tertiary alicyclic amines) is 1. The fourth-order valence-corrected chi connectivity index (χ4v) is 2.53. The third-order valence-electron chi connectivity index (χ3n) is 3.84. The Hall–Kier alpha value is -0.320. The van der Waals surface area contributed by atoms with Gasteiger partial charge in [-0.05, 0) is 51.0 Å². The van der Waals surface area contributed by atoms with Crippen molar-refractivity contribution >= 4 is 18.3 Å². The molecule has 0 bridgehead atoms. The third kappa shape index (κ3) is 6.11. The zero-order valence-electron chi connectivity index (χ0n) is 11.9. The number of halogens is 1. The highest BCUT2D eigenvalue weighted by molar-refractivity contribution is 5.85. The van der Waals surface area contributed by atoms with Gasteiger partial charge in [-0.25, -0.2) is 0 Å². The Balaban J connectivity index is 0.00000180. The maximum absolute atomic E-state index is 12.0. The van der Waals surface area contributed by atoms with Crippen molar-refractivity contribution in [3.05, 3.63) is 0 Å². The van der Waals surface area contributed by atoms with Crippen LogP contribution in [0.3, 0.4) is 0 Å². The molecule has 0 radical (unpaired) electrons. The van der Waals surface area contributed by atoms with E-state index in [4.69, 9.17) is 4.74 Å². The second kappa shape index (κ2) is 8.77. The molecule has 1 aliphatic carbocycles. The normalized spacial score (nSPS) is 23.0. The van der Waals surface area contributed by atoms with Gasteiger partial charge in [0.2, 0.25) is 5.91 Å². The predicted octanol–water partition coefficient (Wildman–Crippen LogP) is 1.68. The molecule has 1 N–H and O–H groups in total. The zero-order chi connectivity index (χ0) is 12.8. The second-order valence-corrected chi connectivity index (χ2v) is 5.58. The fraction of sp³-hybridized carbons (Fsp3) is 0.929. The molecule has 0 aromatic heterocycles. The van der Waals surface area contributed by atoms with Crippen molar-refractivity contribution in [2.45, 2.75) is 32.6 Å². The number of hydrogen-bond acceptors (Lipinski definition) is 3. The van der Waals surface area contributed by atoms with Gasteiger partial charge in [-0.1, -0.05) is 0 Å². The lowest BCUT2D eigenvalue weighted by molar-refractivity contribution is -0.132. The van der Waals surface area contributed by atoms with Crippen molar-refractivity contribution in [1.82, 2.24) is 10.2 Å². The van der Waals surface area contributed by atoms with E-state index in [0.717, 1.165) is 45.2 Å². The van der Waals surface area contributed by atoms with Crippen LogP contribution in [0.2, 0.25) is 0 Å². The van der Waals surface area contributed by atoms with E-state index in [-0.39, 0.29) is 18.3 Å². The molecule has 1 saturated carbocycles. The molecule has 19 heavy (non-hydrogen) atoms.